The Morgan fingerprint density at radius 2 is 1.95 bits per heavy atom. The molecule has 0 aliphatic carbocycles. The molecule has 0 aromatic heterocycles. The van der Waals surface area contributed by atoms with Gasteiger partial charge in [-0.15, -0.1) is 0 Å². The first-order chi connectivity index (χ1) is 8.51. The molecule has 0 aliphatic heterocycles. The van der Waals surface area contributed by atoms with Gasteiger partial charge in [-0.25, -0.2) is 13.6 Å². The number of hydrogen-bond acceptors (Lipinski definition) is 5. The molecule has 1 aromatic carbocycles. The number of nitrogen functional groups attached to an aromatic ring is 1. The molecule has 0 aliphatic rings. The first-order valence-corrected chi connectivity index (χ1v) is 6.47. The number of nitrogens with two attached hydrogens (primary N) is 2. The molecule has 0 heterocycles. The Balaban J connectivity index is 2.82. The first-order valence-electron chi connectivity index (χ1n) is 4.93. The van der Waals surface area contributed by atoms with Crippen LogP contribution in [0.2, 0.25) is 0 Å². The van der Waals surface area contributed by atoms with Crippen molar-refractivity contribution in [3.8, 4) is 0 Å². The van der Waals surface area contributed by atoms with E-state index in [0.29, 0.717) is 0 Å². The molecule has 1 rings (SSSR count). The van der Waals surface area contributed by atoms with Gasteiger partial charge in [-0.2, -0.15) is 13.2 Å². The van der Waals surface area contributed by atoms with Gasteiger partial charge in [-0.1, -0.05) is 0 Å². The number of nitrogens with one attached hydrogen (secondary N) is 1. The standard InChI is InChI=1S/C9H12F3N3O3S/c10-9(11,12)8(16)4-15-7-2-1-5(3-6(7)13)19(14,17)18/h1-3,8,15-16H,4,13H2,(H2,14,17,18). The van der Waals surface area contributed by atoms with Crippen LogP contribution in [0.25, 0.3) is 0 Å². The van der Waals surface area contributed by atoms with Gasteiger partial charge in [0.05, 0.1) is 16.3 Å². The summed E-state index contributed by atoms with van der Waals surface area (Å²) in [5.41, 5.74) is 5.44. The Bertz CT molecular complexity index is 560. The zero-order valence-electron chi connectivity index (χ0n) is 9.48. The zero-order chi connectivity index (χ0) is 14.8. The van der Waals surface area contributed by atoms with Crippen molar-refractivity contribution >= 4 is 21.4 Å². The number of aliphatic hydroxyl groups excluding tert-OH is 1. The molecule has 1 unspecified atom stereocenters. The van der Waals surface area contributed by atoms with Gasteiger partial charge in [0.15, 0.2) is 6.10 Å². The highest BCUT2D eigenvalue weighted by Crippen LogP contribution is 2.24. The van der Waals surface area contributed by atoms with Crippen molar-refractivity contribution in [1.82, 2.24) is 0 Å². The van der Waals surface area contributed by atoms with Gasteiger partial charge in [-0.3, -0.25) is 0 Å². The summed E-state index contributed by atoms with van der Waals surface area (Å²) in [4.78, 5) is -0.257. The Labute approximate surface area is 107 Å². The van der Waals surface area contributed by atoms with E-state index < -0.39 is 28.8 Å². The van der Waals surface area contributed by atoms with Crippen LogP contribution in [0, 0.1) is 0 Å². The van der Waals surface area contributed by atoms with Crippen LogP contribution in [0.5, 0.6) is 0 Å². The van der Waals surface area contributed by atoms with E-state index in [1.165, 1.54) is 0 Å². The van der Waals surface area contributed by atoms with Crippen molar-refractivity contribution in [3.05, 3.63) is 18.2 Å². The molecule has 1 atom stereocenters. The van der Waals surface area contributed by atoms with Crippen molar-refractivity contribution in [2.75, 3.05) is 17.6 Å². The molecule has 108 valence electrons. The summed E-state index contributed by atoms with van der Waals surface area (Å²) in [6, 6.07) is 3.27. The maximum atomic E-state index is 12.1. The topological polar surface area (TPSA) is 118 Å². The highest BCUT2D eigenvalue weighted by molar-refractivity contribution is 7.89. The molecule has 0 saturated heterocycles. The smallest absolute Gasteiger partial charge is 0.397 e. The number of sulfonamides is 1. The summed E-state index contributed by atoms with van der Waals surface area (Å²) in [5.74, 6) is 0. The van der Waals surface area contributed by atoms with Gasteiger partial charge in [0.1, 0.15) is 0 Å². The van der Waals surface area contributed by atoms with Crippen LogP contribution in [-0.4, -0.2) is 32.3 Å². The SMILES string of the molecule is Nc1cc(S(N)(=O)=O)ccc1NCC(O)C(F)(F)F. The van der Waals surface area contributed by atoms with E-state index >= 15 is 0 Å². The van der Waals surface area contributed by atoms with Crippen molar-refractivity contribution in [2.24, 2.45) is 5.14 Å². The second kappa shape index (κ2) is 5.23. The van der Waals surface area contributed by atoms with Crippen LogP contribution in [0.4, 0.5) is 24.5 Å². The van der Waals surface area contributed by atoms with Gasteiger partial charge in [0.25, 0.3) is 0 Å². The number of primary sulfonamides is 1. The molecular weight excluding hydrogens is 287 g/mol. The Hall–Kier alpha value is -1.52. The maximum Gasteiger partial charge on any atom is 0.416 e. The lowest BCUT2D eigenvalue weighted by Crippen LogP contribution is -2.35. The predicted octanol–water partition coefficient (Wildman–Crippen LogP) is 0.251. The van der Waals surface area contributed by atoms with E-state index in [-0.39, 0.29) is 16.3 Å². The fraction of sp³-hybridized carbons (Fsp3) is 0.333. The van der Waals surface area contributed by atoms with Crippen LogP contribution in [0.15, 0.2) is 23.1 Å². The second-order valence-electron chi connectivity index (χ2n) is 3.73. The second-order valence-corrected chi connectivity index (χ2v) is 5.29. The third kappa shape index (κ3) is 4.26. The number of benzene rings is 1. The lowest BCUT2D eigenvalue weighted by atomic mass is 10.2. The monoisotopic (exact) mass is 299 g/mol. The summed E-state index contributed by atoms with van der Waals surface area (Å²) in [7, 11) is -3.93. The fourth-order valence-electron chi connectivity index (χ4n) is 1.20. The lowest BCUT2D eigenvalue weighted by molar-refractivity contribution is -0.198. The van der Waals surface area contributed by atoms with E-state index in [4.69, 9.17) is 16.0 Å². The number of halogens is 3. The average Bonchev–Trinajstić information content (AvgIpc) is 2.24. The quantitative estimate of drug-likeness (QED) is 0.594. The summed E-state index contributed by atoms with van der Waals surface area (Å²) in [6.07, 6.45) is -7.30. The molecule has 0 saturated carbocycles. The number of hydrogen-bond donors (Lipinski definition) is 4. The third-order valence-corrected chi connectivity index (χ3v) is 3.13. The van der Waals surface area contributed by atoms with Gasteiger partial charge in [-0.05, 0) is 18.2 Å². The molecule has 19 heavy (non-hydrogen) atoms. The number of anilines is 2. The molecule has 0 fully saturated rings. The summed E-state index contributed by atoms with van der Waals surface area (Å²) < 4.78 is 58.2. The molecule has 0 radical (unpaired) electrons. The van der Waals surface area contributed by atoms with Crippen LogP contribution >= 0.6 is 0 Å². The fourth-order valence-corrected chi connectivity index (χ4v) is 1.75. The molecule has 6 nitrogen and oxygen atoms in total. The van der Waals surface area contributed by atoms with E-state index in [2.05, 4.69) is 5.32 Å². The molecule has 10 heteroatoms. The Morgan fingerprint density at radius 3 is 2.37 bits per heavy atom. The minimum atomic E-state index is -4.75. The average molecular weight is 299 g/mol. The zero-order valence-corrected chi connectivity index (χ0v) is 10.3. The van der Waals surface area contributed by atoms with Crippen molar-refractivity contribution in [1.29, 1.82) is 0 Å². The molecular formula is C9H12F3N3O3S. The highest BCUT2D eigenvalue weighted by atomic mass is 32.2. The van der Waals surface area contributed by atoms with Crippen LogP contribution in [0.3, 0.4) is 0 Å². The van der Waals surface area contributed by atoms with Crippen molar-refractivity contribution in [3.63, 3.8) is 0 Å². The van der Waals surface area contributed by atoms with Crippen LogP contribution in [0.1, 0.15) is 0 Å². The molecule has 0 spiro atoms. The Kier molecular flexibility index (Phi) is 4.28. The molecule has 6 N–H and O–H groups in total. The summed E-state index contributed by atoms with van der Waals surface area (Å²) in [5, 5.41) is 15.9. The number of alkyl halides is 3. The van der Waals surface area contributed by atoms with E-state index in [9.17, 15) is 21.6 Å². The van der Waals surface area contributed by atoms with E-state index in [1.807, 2.05) is 0 Å². The first kappa shape index (κ1) is 15.5. The summed E-state index contributed by atoms with van der Waals surface area (Å²) in [6.45, 7) is -0.803. The minimum Gasteiger partial charge on any atom is -0.397 e. The van der Waals surface area contributed by atoms with Gasteiger partial charge in [0.2, 0.25) is 10.0 Å². The Morgan fingerprint density at radius 1 is 1.37 bits per heavy atom. The minimum absolute atomic E-state index is 0.0655. The maximum absolute atomic E-state index is 12.1. The van der Waals surface area contributed by atoms with Crippen molar-refractivity contribution in [2.45, 2.75) is 17.2 Å². The largest absolute Gasteiger partial charge is 0.416 e. The van der Waals surface area contributed by atoms with Crippen LogP contribution in [-0.2, 0) is 10.0 Å². The van der Waals surface area contributed by atoms with Crippen LogP contribution < -0.4 is 16.2 Å². The highest BCUT2D eigenvalue weighted by Gasteiger charge is 2.37. The number of aliphatic hydroxyl groups is 1. The lowest BCUT2D eigenvalue weighted by Gasteiger charge is -2.16. The van der Waals surface area contributed by atoms with E-state index in [1.54, 1.807) is 0 Å². The molecule has 0 bridgehead atoms. The van der Waals surface area contributed by atoms with Gasteiger partial charge >= 0.3 is 6.18 Å². The normalized spacial score (nSPS) is 14.2. The molecule has 0 amide bonds. The molecule has 1 aromatic rings. The van der Waals surface area contributed by atoms with Gasteiger partial charge in [0, 0.05) is 6.54 Å². The number of rotatable bonds is 4. The third-order valence-electron chi connectivity index (χ3n) is 2.22. The van der Waals surface area contributed by atoms with E-state index in [0.717, 1.165) is 18.2 Å². The summed E-state index contributed by atoms with van der Waals surface area (Å²) >= 11 is 0. The van der Waals surface area contributed by atoms with Crippen molar-refractivity contribution < 1.29 is 26.7 Å². The van der Waals surface area contributed by atoms with Gasteiger partial charge < -0.3 is 16.2 Å². The predicted molar refractivity (Wildman–Crippen MR) is 62.8 cm³/mol.